The summed E-state index contributed by atoms with van der Waals surface area (Å²) in [6, 6.07) is 0. The summed E-state index contributed by atoms with van der Waals surface area (Å²) in [6.45, 7) is 6.63. The minimum atomic E-state index is -0.767. The first-order valence-corrected chi connectivity index (χ1v) is 28.7. The van der Waals surface area contributed by atoms with Gasteiger partial charge in [0, 0.05) is 19.3 Å². The number of rotatable bonds is 53. The van der Waals surface area contributed by atoms with Crippen LogP contribution in [-0.2, 0) is 28.6 Å². The topological polar surface area (TPSA) is 78.9 Å². The van der Waals surface area contributed by atoms with Crippen LogP contribution < -0.4 is 0 Å². The highest BCUT2D eigenvalue weighted by Gasteiger charge is 2.19. The lowest BCUT2D eigenvalue weighted by atomic mass is 10.0. The van der Waals surface area contributed by atoms with E-state index in [2.05, 4.69) is 32.9 Å². The van der Waals surface area contributed by atoms with Crippen molar-refractivity contribution >= 4 is 17.9 Å². The van der Waals surface area contributed by atoms with Crippen LogP contribution in [0.5, 0.6) is 0 Å². The fraction of sp³-hybridized carbons (Fsp3) is 0.914. The first-order valence-electron chi connectivity index (χ1n) is 28.7. The number of carbonyl (C=O) groups is 3. The van der Waals surface area contributed by atoms with E-state index in [1.165, 1.54) is 218 Å². The predicted molar refractivity (Wildman–Crippen MR) is 275 cm³/mol. The van der Waals surface area contributed by atoms with E-state index in [4.69, 9.17) is 14.2 Å². The number of hydrogen-bond acceptors (Lipinski definition) is 6. The van der Waals surface area contributed by atoms with Gasteiger partial charge in [0.1, 0.15) is 13.2 Å². The molecule has 0 fully saturated rings. The highest BCUT2D eigenvalue weighted by Crippen LogP contribution is 2.17. The van der Waals surface area contributed by atoms with Gasteiger partial charge in [-0.2, -0.15) is 0 Å². The molecule has 6 heteroatoms. The van der Waals surface area contributed by atoms with Crippen LogP contribution >= 0.6 is 0 Å². The molecule has 0 spiro atoms. The molecule has 0 aliphatic heterocycles. The summed E-state index contributed by atoms with van der Waals surface area (Å²) in [5, 5.41) is 0. The molecule has 0 aliphatic carbocycles. The second-order valence-corrected chi connectivity index (χ2v) is 19.6. The average molecular weight is 904 g/mol. The van der Waals surface area contributed by atoms with Crippen molar-refractivity contribution in [2.75, 3.05) is 13.2 Å². The van der Waals surface area contributed by atoms with E-state index in [0.717, 1.165) is 64.2 Å². The van der Waals surface area contributed by atoms with E-state index in [1.54, 1.807) is 0 Å². The summed E-state index contributed by atoms with van der Waals surface area (Å²) >= 11 is 0. The largest absolute Gasteiger partial charge is 0.462 e. The van der Waals surface area contributed by atoms with Crippen molar-refractivity contribution in [1.29, 1.82) is 0 Å². The number of ether oxygens (including phenoxy) is 3. The highest BCUT2D eigenvalue weighted by atomic mass is 16.6. The Morgan fingerprint density at radius 1 is 0.297 bits per heavy atom. The Bertz CT molecular complexity index is 993. The fourth-order valence-electron chi connectivity index (χ4n) is 8.68. The van der Waals surface area contributed by atoms with Crippen LogP contribution in [0.25, 0.3) is 0 Å². The minimum Gasteiger partial charge on any atom is -0.462 e. The molecule has 64 heavy (non-hydrogen) atoms. The van der Waals surface area contributed by atoms with E-state index >= 15 is 0 Å². The third kappa shape index (κ3) is 51.1. The van der Waals surface area contributed by atoms with Gasteiger partial charge in [-0.05, 0) is 44.9 Å². The van der Waals surface area contributed by atoms with Crippen LogP contribution in [-0.4, -0.2) is 37.2 Å². The molecule has 1 unspecified atom stereocenters. The van der Waals surface area contributed by atoms with Gasteiger partial charge >= 0.3 is 17.9 Å². The zero-order chi connectivity index (χ0) is 46.5. The van der Waals surface area contributed by atoms with Gasteiger partial charge in [-0.15, -0.1) is 0 Å². The van der Waals surface area contributed by atoms with E-state index < -0.39 is 6.10 Å². The molecular weight excluding hydrogens is 793 g/mol. The molecule has 0 rings (SSSR count). The van der Waals surface area contributed by atoms with Crippen LogP contribution in [0.3, 0.4) is 0 Å². The molecule has 0 bridgehead atoms. The van der Waals surface area contributed by atoms with Gasteiger partial charge in [-0.3, -0.25) is 14.4 Å². The van der Waals surface area contributed by atoms with Gasteiger partial charge in [0.25, 0.3) is 0 Å². The normalized spacial score (nSPS) is 12.0. The van der Waals surface area contributed by atoms with Crippen molar-refractivity contribution in [3.8, 4) is 0 Å². The summed E-state index contributed by atoms with van der Waals surface area (Å²) in [6.07, 6.45) is 60.9. The Balaban J connectivity index is 4.08. The molecule has 0 aromatic heterocycles. The third-order valence-electron chi connectivity index (χ3n) is 13.0. The summed E-state index contributed by atoms with van der Waals surface area (Å²) in [7, 11) is 0. The maximum atomic E-state index is 12.8. The molecule has 0 radical (unpaired) electrons. The molecule has 1 atom stereocenters. The molecule has 0 aromatic rings. The van der Waals surface area contributed by atoms with Gasteiger partial charge in [0.15, 0.2) is 6.10 Å². The Hall–Kier alpha value is -1.85. The number of esters is 3. The maximum absolute atomic E-state index is 12.8. The van der Waals surface area contributed by atoms with Gasteiger partial charge < -0.3 is 14.2 Å². The highest BCUT2D eigenvalue weighted by molar-refractivity contribution is 5.71. The van der Waals surface area contributed by atoms with Crippen molar-refractivity contribution in [2.45, 2.75) is 329 Å². The summed E-state index contributed by atoms with van der Waals surface area (Å²) in [4.78, 5) is 37.9. The molecule has 0 N–H and O–H groups in total. The molecule has 378 valence electrons. The van der Waals surface area contributed by atoms with Crippen molar-refractivity contribution < 1.29 is 28.6 Å². The molecule has 0 heterocycles. The van der Waals surface area contributed by atoms with E-state index in [0.29, 0.717) is 19.3 Å². The Morgan fingerprint density at radius 2 is 0.516 bits per heavy atom. The lowest BCUT2D eigenvalue weighted by Crippen LogP contribution is -2.30. The maximum Gasteiger partial charge on any atom is 0.306 e. The summed E-state index contributed by atoms with van der Waals surface area (Å²) in [5.74, 6) is -0.863. The first kappa shape index (κ1) is 62.1. The molecule has 0 saturated heterocycles. The number of hydrogen-bond donors (Lipinski definition) is 0. The number of allylic oxidation sites excluding steroid dienone is 2. The zero-order valence-electron chi connectivity index (χ0n) is 43.3. The average Bonchev–Trinajstić information content (AvgIpc) is 3.29. The predicted octanol–water partition coefficient (Wildman–Crippen LogP) is 18.9. The standard InChI is InChI=1S/C58H110O6/c1-4-7-10-13-16-19-21-23-24-25-26-27-28-29-30-31-32-33-34-36-37-39-42-45-48-51-57(60)63-54-55(53-62-56(59)50-47-44-41-18-15-12-9-6-3)64-58(61)52-49-46-43-40-38-35-22-20-17-14-11-8-5-2/h20,22,55H,4-19,21,23-54H2,1-3H3/b22-20-. The molecule has 6 nitrogen and oxygen atoms in total. The van der Waals surface area contributed by atoms with Crippen LogP contribution in [0, 0.1) is 0 Å². The second kappa shape index (κ2) is 53.8. The fourth-order valence-corrected chi connectivity index (χ4v) is 8.68. The van der Waals surface area contributed by atoms with Gasteiger partial charge in [-0.1, -0.05) is 270 Å². The van der Waals surface area contributed by atoms with Crippen LogP contribution in [0.1, 0.15) is 323 Å². The van der Waals surface area contributed by atoms with Crippen LogP contribution in [0.2, 0.25) is 0 Å². The molecule has 0 aromatic carbocycles. The molecule has 0 amide bonds. The van der Waals surface area contributed by atoms with Gasteiger partial charge in [0.05, 0.1) is 0 Å². The quantitative estimate of drug-likeness (QED) is 0.0262. The number of carbonyl (C=O) groups excluding carboxylic acids is 3. The molecule has 0 saturated carbocycles. The molecular formula is C58H110O6. The van der Waals surface area contributed by atoms with Crippen LogP contribution in [0.15, 0.2) is 12.2 Å². The van der Waals surface area contributed by atoms with Crippen LogP contribution in [0.4, 0.5) is 0 Å². The Morgan fingerprint density at radius 3 is 0.797 bits per heavy atom. The van der Waals surface area contributed by atoms with Crippen molar-refractivity contribution in [3.63, 3.8) is 0 Å². The SMILES string of the molecule is CCCCCC/C=C\CCCCCCCC(=O)OC(COC(=O)CCCCCCCCCC)COC(=O)CCCCCCCCCCCCCCCCCCCCCCCCCCC. The second-order valence-electron chi connectivity index (χ2n) is 19.6. The smallest absolute Gasteiger partial charge is 0.306 e. The van der Waals surface area contributed by atoms with Crippen molar-refractivity contribution in [2.24, 2.45) is 0 Å². The summed E-state index contributed by atoms with van der Waals surface area (Å²) in [5.41, 5.74) is 0. The lowest BCUT2D eigenvalue weighted by molar-refractivity contribution is -0.167. The van der Waals surface area contributed by atoms with Crippen molar-refractivity contribution in [3.05, 3.63) is 12.2 Å². The van der Waals surface area contributed by atoms with Crippen molar-refractivity contribution in [1.82, 2.24) is 0 Å². The molecule has 0 aliphatic rings. The first-order chi connectivity index (χ1) is 31.5. The number of unbranched alkanes of at least 4 members (excludes halogenated alkanes) is 40. The van der Waals surface area contributed by atoms with E-state index in [-0.39, 0.29) is 31.1 Å². The summed E-state index contributed by atoms with van der Waals surface area (Å²) < 4.78 is 16.8. The Labute approximate surface area is 399 Å². The zero-order valence-corrected chi connectivity index (χ0v) is 43.3. The monoisotopic (exact) mass is 903 g/mol. The van der Waals surface area contributed by atoms with E-state index in [1.807, 2.05) is 0 Å². The third-order valence-corrected chi connectivity index (χ3v) is 13.0. The van der Waals surface area contributed by atoms with Gasteiger partial charge in [-0.25, -0.2) is 0 Å². The lowest BCUT2D eigenvalue weighted by Gasteiger charge is -2.18. The van der Waals surface area contributed by atoms with Gasteiger partial charge in [0.2, 0.25) is 0 Å². The Kier molecular flexibility index (Phi) is 52.2. The van der Waals surface area contributed by atoms with E-state index in [9.17, 15) is 14.4 Å². The minimum absolute atomic E-state index is 0.0683.